The highest BCUT2D eigenvalue weighted by Crippen LogP contribution is 2.31. The third kappa shape index (κ3) is 7.52. The second kappa shape index (κ2) is 13.1. The molecule has 1 saturated heterocycles. The molecular formula is C30H29ClF3N3O6S2. The van der Waals surface area contributed by atoms with Crippen molar-refractivity contribution in [3.8, 4) is 0 Å². The van der Waals surface area contributed by atoms with E-state index in [1.54, 1.807) is 16.9 Å². The Morgan fingerprint density at radius 1 is 0.889 bits per heavy atom. The standard InChI is InChI=1S/C30H29ClF3N3O6S2/c31-24-8-4-21(5-9-24)28-12-17-43-20-23(28)19-36-13-15-37(16-14-36)25-10-6-22(7-11-25)29(38)35-45(41,42)27-3-1-2-26(18-27)44(39,40)30(32,33)34/h1-11,18H,12-17,19-20H2,(H,35,38). The van der Waals surface area contributed by atoms with Crippen molar-refractivity contribution < 1.29 is 39.5 Å². The summed E-state index contributed by atoms with van der Waals surface area (Å²) >= 11 is 6.06. The molecule has 45 heavy (non-hydrogen) atoms. The molecular weight excluding hydrogens is 655 g/mol. The molecule has 2 aliphatic heterocycles. The van der Waals surface area contributed by atoms with Gasteiger partial charge in [0, 0.05) is 49.0 Å². The molecule has 3 aromatic rings. The molecule has 1 fully saturated rings. The molecule has 9 nitrogen and oxygen atoms in total. The predicted octanol–water partition coefficient (Wildman–Crippen LogP) is 4.75. The number of nitrogens with zero attached hydrogens (tertiary/aromatic N) is 2. The molecule has 0 aliphatic carbocycles. The normalized spacial score (nSPS) is 16.9. The van der Waals surface area contributed by atoms with E-state index in [1.165, 1.54) is 23.3 Å². The molecule has 1 amide bonds. The quantitative estimate of drug-likeness (QED) is 0.362. The summed E-state index contributed by atoms with van der Waals surface area (Å²) in [7, 11) is -10.5. The minimum Gasteiger partial charge on any atom is -0.377 e. The van der Waals surface area contributed by atoms with Gasteiger partial charge in [-0.15, -0.1) is 0 Å². The van der Waals surface area contributed by atoms with Gasteiger partial charge in [-0.2, -0.15) is 13.2 Å². The fourth-order valence-electron chi connectivity index (χ4n) is 5.21. The Hall–Kier alpha value is -3.43. The number of halogens is 4. The molecule has 2 aliphatic rings. The summed E-state index contributed by atoms with van der Waals surface area (Å²) in [5.41, 5.74) is -1.10. The lowest BCUT2D eigenvalue weighted by atomic mass is 9.95. The summed E-state index contributed by atoms with van der Waals surface area (Å²) in [4.78, 5) is 15.2. The number of sulfonamides is 1. The lowest BCUT2D eigenvalue weighted by molar-refractivity contribution is -0.0436. The SMILES string of the molecule is O=C(NS(=O)(=O)c1cccc(S(=O)(=O)C(F)(F)F)c1)c1ccc(N2CCN(CC3=C(c4ccc(Cl)cc4)CCOC3)CC2)cc1. The highest BCUT2D eigenvalue weighted by Gasteiger charge is 2.47. The van der Waals surface area contributed by atoms with Gasteiger partial charge in [0.25, 0.3) is 25.8 Å². The fraction of sp³-hybridized carbons (Fsp3) is 0.300. The number of hydrogen-bond acceptors (Lipinski definition) is 8. The molecule has 0 saturated carbocycles. The van der Waals surface area contributed by atoms with Gasteiger partial charge in [-0.3, -0.25) is 9.69 Å². The van der Waals surface area contributed by atoms with E-state index in [0.29, 0.717) is 30.4 Å². The van der Waals surface area contributed by atoms with Crippen LogP contribution in [0.25, 0.3) is 5.57 Å². The van der Waals surface area contributed by atoms with Gasteiger partial charge in [0.15, 0.2) is 0 Å². The van der Waals surface area contributed by atoms with Gasteiger partial charge < -0.3 is 9.64 Å². The van der Waals surface area contributed by atoms with Gasteiger partial charge in [0.1, 0.15) is 0 Å². The number of amides is 1. The Labute approximate surface area is 264 Å². The van der Waals surface area contributed by atoms with Crippen molar-refractivity contribution in [2.45, 2.75) is 21.7 Å². The van der Waals surface area contributed by atoms with Crippen LogP contribution in [0.1, 0.15) is 22.3 Å². The molecule has 15 heteroatoms. The molecule has 0 spiro atoms. The second-order valence-corrected chi connectivity index (χ2v) is 14.6. The van der Waals surface area contributed by atoms with E-state index in [0.717, 1.165) is 62.5 Å². The maximum atomic E-state index is 12.9. The van der Waals surface area contributed by atoms with E-state index < -0.39 is 41.1 Å². The molecule has 0 aromatic heterocycles. The van der Waals surface area contributed by atoms with E-state index in [9.17, 15) is 34.8 Å². The van der Waals surface area contributed by atoms with Crippen molar-refractivity contribution >= 4 is 48.6 Å². The number of anilines is 1. The van der Waals surface area contributed by atoms with E-state index in [2.05, 4.69) is 9.80 Å². The van der Waals surface area contributed by atoms with Crippen LogP contribution < -0.4 is 9.62 Å². The molecule has 240 valence electrons. The van der Waals surface area contributed by atoms with E-state index in [1.807, 2.05) is 24.3 Å². The van der Waals surface area contributed by atoms with E-state index in [-0.39, 0.29) is 5.56 Å². The molecule has 0 bridgehead atoms. The summed E-state index contributed by atoms with van der Waals surface area (Å²) in [5, 5.41) is 0.691. The first-order chi connectivity index (χ1) is 21.2. The van der Waals surface area contributed by atoms with Crippen LogP contribution in [-0.2, 0) is 24.6 Å². The maximum Gasteiger partial charge on any atom is 0.501 e. The van der Waals surface area contributed by atoms with Crippen molar-refractivity contribution in [3.05, 3.63) is 94.5 Å². The number of benzene rings is 3. The third-order valence-corrected chi connectivity index (χ3v) is 10.7. The van der Waals surface area contributed by atoms with Gasteiger partial charge in [0.05, 0.1) is 23.0 Å². The van der Waals surface area contributed by atoms with E-state index in [4.69, 9.17) is 16.3 Å². The van der Waals surface area contributed by atoms with Crippen molar-refractivity contribution in [2.75, 3.05) is 50.8 Å². The Balaban J connectivity index is 1.20. The first kappa shape index (κ1) is 32.9. The number of piperazine rings is 1. The second-order valence-electron chi connectivity index (χ2n) is 10.6. The highest BCUT2D eigenvalue weighted by molar-refractivity contribution is 7.92. The Kier molecular flexibility index (Phi) is 9.61. The summed E-state index contributed by atoms with van der Waals surface area (Å²) in [6, 6.07) is 16.8. The lowest BCUT2D eigenvalue weighted by Gasteiger charge is -2.37. The summed E-state index contributed by atoms with van der Waals surface area (Å²) < 4.78 is 95.1. The minimum atomic E-state index is -5.78. The first-order valence-corrected chi connectivity index (χ1v) is 17.2. The Morgan fingerprint density at radius 3 is 2.18 bits per heavy atom. The smallest absolute Gasteiger partial charge is 0.377 e. The van der Waals surface area contributed by atoms with Crippen LogP contribution in [0.5, 0.6) is 0 Å². The number of ether oxygens (including phenoxy) is 1. The van der Waals surface area contributed by atoms with E-state index >= 15 is 0 Å². The molecule has 5 rings (SSSR count). The minimum absolute atomic E-state index is 0.000932. The van der Waals surface area contributed by atoms with Crippen LogP contribution in [0.4, 0.5) is 18.9 Å². The number of hydrogen-bond donors (Lipinski definition) is 1. The monoisotopic (exact) mass is 683 g/mol. The zero-order valence-corrected chi connectivity index (χ0v) is 26.1. The zero-order chi connectivity index (χ0) is 32.4. The maximum absolute atomic E-state index is 12.9. The highest BCUT2D eigenvalue weighted by atomic mass is 35.5. The van der Waals surface area contributed by atoms with Crippen LogP contribution in [-0.4, -0.2) is 79.1 Å². The first-order valence-electron chi connectivity index (χ1n) is 13.9. The Bertz CT molecular complexity index is 1810. The molecule has 0 unspecified atom stereocenters. The number of carbonyl (C=O) groups excluding carboxylic acids is 1. The van der Waals surface area contributed by atoms with Crippen LogP contribution in [0, 0.1) is 0 Å². The van der Waals surface area contributed by atoms with Crippen LogP contribution >= 0.6 is 11.6 Å². The third-order valence-electron chi connectivity index (χ3n) is 7.63. The molecule has 3 aromatic carbocycles. The fourth-order valence-corrected chi connectivity index (χ4v) is 7.24. The number of rotatable bonds is 8. The molecule has 2 heterocycles. The van der Waals surface area contributed by atoms with Gasteiger partial charge >= 0.3 is 5.51 Å². The van der Waals surface area contributed by atoms with Crippen molar-refractivity contribution in [2.24, 2.45) is 0 Å². The van der Waals surface area contributed by atoms with Gasteiger partial charge in [0.2, 0.25) is 0 Å². The number of nitrogens with one attached hydrogen (secondary N) is 1. The topological polar surface area (TPSA) is 113 Å². The molecule has 0 radical (unpaired) electrons. The van der Waals surface area contributed by atoms with Crippen LogP contribution in [0.15, 0.2) is 88.2 Å². The average molecular weight is 684 g/mol. The van der Waals surface area contributed by atoms with Gasteiger partial charge in [-0.1, -0.05) is 29.8 Å². The number of alkyl halides is 3. The van der Waals surface area contributed by atoms with Crippen molar-refractivity contribution in [1.82, 2.24) is 9.62 Å². The van der Waals surface area contributed by atoms with Crippen LogP contribution in [0.2, 0.25) is 5.02 Å². The summed E-state index contributed by atoms with van der Waals surface area (Å²) in [5.74, 6) is -1.02. The zero-order valence-electron chi connectivity index (χ0n) is 23.8. The average Bonchev–Trinajstić information content (AvgIpc) is 3.01. The molecule has 1 N–H and O–H groups in total. The number of sulfone groups is 1. The Morgan fingerprint density at radius 2 is 1.53 bits per heavy atom. The van der Waals surface area contributed by atoms with Gasteiger partial charge in [-0.05, 0) is 77.7 Å². The largest absolute Gasteiger partial charge is 0.501 e. The van der Waals surface area contributed by atoms with Crippen molar-refractivity contribution in [3.63, 3.8) is 0 Å². The summed E-state index contributed by atoms with van der Waals surface area (Å²) in [6.07, 6.45) is 0.838. The van der Waals surface area contributed by atoms with Gasteiger partial charge in [-0.25, -0.2) is 21.6 Å². The summed E-state index contributed by atoms with van der Waals surface area (Å²) in [6.45, 7) is 5.07. The molecule has 0 atom stereocenters. The predicted molar refractivity (Wildman–Crippen MR) is 163 cm³/mol. The van der Waals surface area contributed by atoms with Crippen LogP contribution in [0.3, 0.4) is 0 Å². The van der Waals surface area contributed by atoms with Crippen molar-refractivity contribution in [1.29, 1.82) is 0 Å². The number of carbonyl (C=O) groups is 1. The lowest BCUT2D eigenvalue weighted by Crippen LogP contribution is -2.47.